The Hall–Kier alpha value is -1.87. The quantitative estimate of drug-likeness (QED) is 0.761. The van der Waals surface area contributed by atoms with Crippen LogP contribution in [0.5, 0.6) is 0 Å². The Kier molecular flexibility index (Phi) is 2.21. The second-order valence-electron chi connectivity index (χ2n) is 3.82. The third-order valence-corrected chi connectivity index (χ3v) is 2.98. The van der Waals surface area contributed by atoms with Crippen LogP contribution >= 0.6 is 0 Å². The third kappa shape index (κ3) is 1.09. The predicted octanol–water partition coefficient (Wildman–Crippen LogP) is 1.59. The molecule has 1 aromatic carbocycles. The molecule has 0 aliphatic carbocycles. The molecule has 1 aromatic rings. The smallest absolute Gasteiger partial charge is 0.268 e. The van der Waals surface area contributed by atoms with E-state index in [4.69, 9.17) is 0 Å². The summed E-state index contributed by atoms with van der Waals surface area (Å²) in [5, 5.41) is 10.5. The molecule has 3 heteroatoms. The van der Waals surface area contributed by atoms with Crippen LogP contribution in [0.25, 0.3) is 0 Å². The Balaban J connectivity index is 2.70. The number of hydrogen-bond acceptors (Lipinski definition) is 2. The number of rotatable bonds is 2. The van der Waals surface area contributed by atoms with E-state index in [1.54, 1.807) is 25.2 Å². The number of carbonyl (C=O) groups excluding carboxylic acids is 1. The molecule has 1 unspecified atom stereocenters. The van der Waals surface area contributed by atoms with E-state index in [0.717, 1.165) is 0 Å². The normalized spacial score (nSPS) is 23.1. The van der Waals surface area contributed by atoms with Crippen molar-refractivity contribution in [1.82, 2.24) is 0 Å². The largest absolute Gasteiger partial charge is 0.372 e. The topological polar surface area (TPSA) is 40.5 Å². The molecule has 1 aliphatic rings. The summed E-state index contributed by atoms with van der Waals surface area (Å²) < 4.78 is 0. The lowest BCUT2D eigenvalue weighted by Gasteiger charge is -2.22. The van der Waals surface area contributed by atoms with Crippen LogP contribution in [-0.2, 0) is 10.4 Å². The lowest BCUT2D eigenvalue weighted by molar-refractivity contribution is -0.131. The molecule has 82 valence electrons. The highest BCUT2D eigenvalue weighted by Gasteiger charge is 2.49. The maximum absolute atomic E-state index is 12.1. The van der Waals surface area contributed by atoms with Crippen molar-refractivity contribution in [2.45, 2.75) is 5.60 Å². The van der Waals surface area contributed by atoms with E-state index in [2.05, 4.69) is 13.2 Å². The lowest BCUT2D eigenvalue weighted by atomic mass is 9.88. The van der Waals surface area contributed by atoms with E-state index in [1.165, 1.54) is 11.0 Å². The van der Waals surface area contributed by atoms with Crippen molar-refractivity contribution in [2.24, 2.45) is 0 Å². The van der Waals surface area contributed by atoms with Crippen LogP contribution in [0, 0.1) is 0 Å². The summed E-state index contributed by atoms with van der Waals surface area (Å²) >= 11 is 0. The highest BCUT2D eigenvalue weighted by molar-refractivity contribution is 6.08. The number of para-hydroxylation sites is 1. The Morgan fingerprint density at radius 2 is 2.12 bits per heavy atom. The Labute approximate surface area is 94.3 Å². The van der Waals surface area contributed by atoms with Crippen molar-refractivity contribution in [3.63, 3.8) is 0 Å². The van der Waals surface area contributed by atoms with E-state index in [0.29, 0.717) is 16.8 Å². The number of aliphatic hydroxyl groups is 1. The maximum Gasteiger partial charge on any atom is 0.268 e. The fourth-order valence-corrected chi connectivity index (χ4v) is 2.00. The van der Waals surface area contributed by atoms with Gasteiger partial charge in [-0.15, -0.1) is 0 Å². The van der Waals surface area contributed by atoms with Gasteiger partial charge in [-0.1, -0.05) is 37.4 Å². The van der Waals surface area contributed by atoms with Crippen LogP contribution in [0.2, 0.25) is 0 Å². The SMILES string of the molecule is C=CC(=C)C1(O)C(=O)N(C)c2ccccc21. The molecular formula is C13H13NO2. The molecule has 0 aromatic heterocycles. The van der Waals surface area contributed by atoms with Gasteiger partial charge < -0.3 is 10.0 Å². The monoisotopic (exact) mass is 215 g/mol. The van der Waals surface area contributed by atoms with Crippen LogP contribution < -0.4 is 4.90 Å². The minimum atomic E-state index is -1.66. The minimum absolute atomic E-state index is 0.300. The van der Waals surface area contributed by atoms with Crippen molar-refractivity contribution in [3.05, 3.63) is 54.6 Å². The fraction of sp³-hybridized carbons (Fsp3) is 0.154. The van der Waals surface area contributed by atoms with Crippen molar-refractivity contribution < 1.29 is 9.90 Å². The van der Waals surface area contributed by atoms with E-state index in [9.17, 15) is 9.90 Å². The van der Waals surface area contributed by atoms with E-state index >= 15 is 0 Å². The molecule has 1 heterocycles. The number of likely N-dealkylation sites (N-methyl/N-ethyl adjacent to an activating group) is 1. The van der Waals surface area contributed by atoms with Gasteiger partial charge in [-0.05, 0) is 11.6 Å². The molecule has 3 nitrogen and oxygen atoms in total. The zero-order valence-corrected chi connectivity index (χ0v) is 9.10. The number of anilines is 1. The zero-order valence-electron chi connectivity index (χ0n) is 9.10. The first kappa shape index (κ1) is 10.6. The van der Waals surface area contributed by atoms with Gasteiger partial charge in [-0.25, -0.2) is 0 Å². The highest BCUT2D eigenvalue weighted by atomic mass is 16.3. The predicted molar refractivity (Wildman–Crippen MR) is 63.1 cm³/mol. The average molecular weight is 215 g/mol. The van der Waals surface area contributed by atoms with Gasteiger partial charge >= 0.3 is 0 Å². The molecule has 1 aliphatic heterocycles. The molecule has 0 spiro atoms. The standard InChI is InChI=1S/C13H13NO2/c1-4-9(2)13(16)10-7-5-6-8-11(10)14(3)12(13)15/h4-8,16H,1-2H2,3H3. The number of hydrogen-bond donors (Lipinski definition) is 1. The molecule has 0 fully saturated rings. The fourth-order valence-electron chi connectivity index (χ4n) is 2.00. The molecule has 1 amide bonds. The molecule has 1 N–H and O–H groups in total. The van der Waals surface area contributed by atoms with Gasteiger partial charge in [0.1, 0.15) is 0 Å². The average Bonchev–Trinajstić information content (AvgIpc) is 2.52. The minimum Gasteiger partial charge on any atom is -0.372 e. The van der Waals surface area contributed by atoms with E-state index in [1.807, 2.05) is 6.07 Å². The summed E-state index contributed by atoms with van der Waals surface area (Å²) in [6.45, 7) is 7.25. The molecular weight excluding hydrogens is 202 g/mol. The molecule has 16 heavy (non-hydrogen) atoms. The molecule has 0 saturated heterocycles. The van der Waals surface area contributed by atoms with Crippen LogP contribution in [0.4, 0.5) is 5.69 Å². The van der Waals surface area contributed by atoms with Crippen LogP contribution in [0.1, 0.15) is 5.56 Å². The summed E-state index contributed by atoms with van der Waals surface area (Å²) in [4.78, 5) is 13.5. The first-order chi connectivity index (χ1) is 7.53. The molecule has 0 bridgehead atoms. The molecule has 1 atom stereocenters. The number of benzene rings is 1. The Bertz CT molecular complexity index is 492. The number of amides is 1. The molecule has 0 radical (unpaired) electrons. The van der Waals surface area contributed by atoms with Gasteiger partial charge in [0.25, 0.3) is 5.91 Å². The van der Waals surface area contributed by atoms with Gasteiger partial charge in [0.15, 0.2) is 5.60 Å². The number of carbonyl (C=O) groups is 1. The zero-order chi connectivity index (χ0) is 11.9. The van der Waals surface area contributed by atoms with Gasteiger partial charge in [0.2, 0.25) is 0 Å². The Morgan fingerprint density at radius 1 is 1.50 bits per heavy atom. The van der Waals surface area contributed by atoms with Crippen molar-refractivity contribution >= 4 is 11.6 Å². The lowest BCUT2D eigenvalue weighted by Crippen LogP contribution is -2.39. The van der Waals surface area contributed by atoms with Gasteiger partial charge in [0, 0.05) is 12.6 Å². The highest BCUT2D eigenvalue weighted by Crippen LogP contribution is 2.43. The van der Waals surface area contributed by atoms with Gasteiger partial charge in [-0.2, -0.15) is 0 Å². The van der Waals surface area contributed by atoms with Crippen LogP contribution in [-0.4, -0.2) is 18.1 Å². The molecule has 2 rings (SSSR count). The van der Waals surface area contributed by atoms with Gasteiger partial charge in [-0.3, -0.25) is 4.79 Å². The second kappa shape index (κ2) is 3.32. The number of fused-ring (bicyclic) bond motifs is 1. The number of nitrogens with zero attached hydrogens (tertiary/aromatic N) is 1. The first-order valence-corrected chi connectivity index (χ1v) is 4.95. The summed E-state index contributed by atoms with van der Waals surface area (Å²) in [5.74, 6) is -0.390. The molecule has 0 saturated carbocycles. The third-order valence-electron chi connectivity index (χ3n) is 2.98. The van der Waals surface area contributed by atoms with Crippen molar-refractivity contribution in [3.8, 4) is 0 Å². The summed E-state index contributed by atoms with van der Waals surface area (Å²) in [5.41, 5.74) is -0.0905. The van der Waals surface area contributed by atoms with Gasteiger partial charge in [0.05, 0.1) is 5.69 Å². The van der Waals surface area contributed by atoms with Crippen molar-refractivity contribution in [1.29, 1.82) is 0 Å². The summed E-state index contributed by atoms with van der Waals surface area (Å²) in [6.07, 6.45) is 1.41. The van der Waals surface area contributed by atoms with Crippen molar-refractivity contribution in [2.75, 3.05) is 11.9 Å². The summed E-state index contributed by atoms with van der Waals surface area (Å²) in [6, 6.07) is 7.13. The van der Waals surface area contributed by atoms with E-state index < -0.39 is 11.5 Å². The second-order valence-corrected chi connectivity index (χ2v) is 3.82. The van der Waals surface area contributed by atoms with Crippen LogP contribution in [0.15, 0.2) is 49.1 Å². The first-order valence-electron chi connectivity index (χ1n) is 4.95. The van der Waals surface area contributed by atoms with E-state index in [-0.39, 0.29) is 0 Å². The maximum atomic E-state index is 12.1. The van der Waals surface area contributed by atoms with Crippen LogP contribution in [0.3, 0.4) is 0 Å². The summed E-state index contributed by atoms with van der Waals surface area (Å²) in [7, 11) is 1.63. The Morgan fingerprint density at radius 3 is 2.75 bits per heavy atom.